The van der Waals surface area contributed by atoms with Gasteiger partial charge in [0, 0.05) is 18.8 Å². The van der Waals surface area contributed by atoms with Gasteiger partial charge in [0.15, 0.2) is 0 Å². The van der Waals surface area contributed by atoms with Crippen molar-refractivity contribution >= 4 is 23.1 Å². The minimum Gasteiger partial charge on any atom is -0.432 e. The summed E-state index contributed by atoms with van der Waals surface area (Å²) in [4.78, 5) is 4.32. The van der Waals surface area contributed by atoms with Crippen LogP contribution in [0.3, 0.4) is 0 Å². The third-order valence-corrected chi connectivity index (χ3v) is 5.53. The van der Waals surface area contributed by atoms with E-state index in [2.05, 4.69) is 36.7 Å². The van der Waals surface area contributed by atoms with E-state index in [4.69, 9.17) is 17.0 Å². The standard InChI is InChI=1S/C24H29FN2OS/c1-3-15-26(2)16-6-4-5-7-19-8-13-23-20(18-19)14-17-27(23)24(29)28-22-11-9-21(25)10-12-22/h3,8-13,18H,1,4-7,14-17H2,2H3. The molecule has 3 rings (SSSR count). The second-order valence-electron chi connectivity index (χ2n) is 7.55. The van der Waals surface area contributed by atoms with Gasteiger partial charge in [-0.15, -0.1) is 6.58 Å². The molecule has 5 heteroatoms. The number of halogens is 1. The third-order valence-electron chi connectivity index (χ3n) is 5.22. The first-order valence-electron chi connectivity index (χ1n) is 10.2. The fourth-order valence-corrected chi connectivity index (χ4v) is 3.94. The molecule has 0 saturated heterocycles. The fraction of sp³-hybridized carbons (Fsp3) is 0.375. The molecule has 1 aliphatic rings. The number of unbranched alkanes of at least 4 members (excludes halogenated alkanes) is 2. The highest BCUT2D eigenvalue weighted by atomic mass is 32.1. The highest BCUT2D eigenvalue weighted by Crippen LogP contribution is 2.30. The Morgan fingerprint density at radius 1 is 1.21 bits per heavy atom. The number of benzene rings is 2. The molecule has 1 heterocycles. The summed E-state index contributed by atoms with van der Waals surface area (Å²) in [6.45, 7) is 6.67. The highest BCUT2D eigenvalue weighted by molar-refractivity contribution is 7.80. The van der Waals surface area contributed by atoms with Crippen LogP contribution in [0.4, 0.5) is 10.1 Å². The molecule has 3 nitrogen and oxygen atoms in total. The molecule has 0 spiro atoms. The van der Waals surface area contributed by atoms with E-state index in [0.717, 1.165) is 38.2 Å². The van der Waals surface area contributed by atoms with Crippen LogP contribution in [0.1, 0.15) is 30.4 Å². The molecule has 0 aromatic heterocycles. The molecule has 0 radical (unpaired) electrons. The van der Waals surface area contributed by atoms with Gasteiger partial charge in [-0.3, -0.25) is 0 Å². The van der Waals surface area contributed by atoms with Crippen LogP contribution in [0.2, 0.25) is 0 Å². The molecule has 29 heavy (non-hydrogen) atoms. The van der Waals surface area contributed by atoms with Gasteiger partial charge < -0.3 is 14.5 Å². The topological polar surface area (TPSA) is 15.7 Å². The first-order chi connectivity index (χ1) is 14.1. The maximum Gasteiger partial charge on any atom is 0.269 e. The SMILES string of the molecule is C=CCN(C)CCCCCc1ccc2c(c1)CCN2C(=S)Oc1ccc(F)cc1. The lowest BCUT2D eigenvalue weighted by atomic mass is 10.0. The minimum atomic E-state index is -0.286. The Labute approximate surface area is 178 Å². The number of anilines is 1. The maximum absolute atomic E-state index is 13.1. The van der Waals surface area contributed by atoms with Gasteiger partial charge in [0.2, 0.25) is 0 Å². The normalized spacial score (nSPS) is 12.9. The summed E-state index contributed by atoms with van der Waals surface area (Å²) in [5, 5.41) is 0.409. The van der Waals surface area contributed by atoms with Crippen molar-refractivity contribution in [1.82, 2.24) is 4.90 Å². The lowest BCUT2D eigenvalue weighted by Gasteiger charge is -2.20. The minimum absolute atomic E-state index is 0.286. The molecule has 0 unspecified atom stereocenters. The van der Waals surface area contributed by atoms with Gasteiger partial charge in [-0.05, 0) is 93.0 Å². The number of aryl methyl sites for hydroxylation is 1. The first-order valence-corrected chi connectivity index (χ1v) is 10.6. The maximum atomic E-state index is 13.1. The van der Waals surface area contributed by atoms with E-state index in [-0.39, 0.29) is 5.82 Å². The Kier molecular flexibility index (Phi) is 7.78. The van der Waals surface area contributed by atoms with Gasteiger partial charge in [-0.2, -0.15) is 0 Å². The quantitative estimate of drug-likeness (QED) is 0.312. The number of rotatable bonds is 9. The van der Waals surface area contributed by atoms with E-state index < -0.39 is 0 Å². The van der Waals surface area contributed by atoms with E-state index in [1.165, 1.54) is 42.5 Å². The average molecular weight is 413 g/mol. The predicted molar refractivity (Wildman–Crippen MR) is 122 cm³/mol. The van der Waals surface area contributed by atoms with Gasteiger partial charge >= 0.3 is 0 Å². The molecular formula is C24H29FN2OS. The van der Waals surface area contributed by atoms with Crippen molar-refractivity contribution in [2.45, 2.75) is 32.1 Å². The predicted octanol–water partition coefficient (Wildman–Crippen LogP) is 5.38. The van der Waals surface area contributed by atoms with Gasteiger partial charge in [-0.1, -0.05) is 24.6 Å². The fourth-order valence-electron chi connectivity index (χ4n) is 3.66. The van der Waals surface area contributed by atoms with Crippen molar-refractivity contribution < 1.29 is 9.13 Å². The van der Waals surface area contributed by atoms with Crippen LogP contribution < -0.4 is 9.64 Å². The van der Waals surface area contributed by atoms with Crippen molar-refractivity contribution in [2.24, 2.45) is 0 Å². The molecule has 1 aliphatic heterocycles. The molecule has 2 aromatic rings. The number of nitrogens with zero attached hydrogens (tertiary/aromatic N) is 2. The van der Waals surface area contributed by atoms with E-state index >= 15 is 0 Å². The van der Waals surface area contributed by atoms with Crippen LogP contribution in [0, 0.1) is 5.82 Å². The summed E-state index contributed by atoms with van der Waals surface area (Å²) in [6.07, 6.45) is 7.68. The van der Waals surface area contributed by atoms with Crippen molar-refractivity contribution in [3.8, 4) is 5.75 Å². The molecule has 0 N–H and O–H groups in total. The summed E-state index contributed by atoms with van der Waals surface area (Å²) >= 11 is 5.48. The van der Waals surface area contributed by atoms with Gasteiger partial charge in [0.05, 0.1) is 0 Å². The van der Waals surface area contributed by atoms with Crippen LogP contribution in [-0.4, -0.2) is 36.8 Å². The number of thiocarbonyl (C=S) groups is 1. The molecular weight excluding hydrogens is 383 g/mol. The molecule has 2 aromatic carbocycles. The smallest absolute Gasteiger partial charge is 0.269 e. The Balaban J connectivity index is 1.49. The van der Waals surface area contributed by atoms with E-state index in [9.17, 15) is 4.39 Å². The van der Waals surface area contributed by atoms with Crippen molar-refractivity contribution in [1.29, 1.82) is 0 Å². The second kappa shape index (κ2) is 10.5. The van der Waals surface area contributed by atoms with Crippen LogP contribution >= 0.6 is 12.2 Å². The van der Waals surface area contributed by atoms with Crippen molar-refractivity contribution in [3.63, 3.8) is 0 Å². The van der Waals surface area contributed by atoms with Crippen molar-refractivity contribution in [3.05, 3.63) is 72.1 Å². The summed E-state index contributed by atoms with van der Waals surface area (Å²) in [6, 6.07) is 12.6. The zero-order chi connectivity index (χ0) is 20.6. The molecule has 0 saturated carbocycles. The Morgan fingerprint density at radius 3 is 2.76 bits per heavy atom. The largest absolute Gasteiger partial charge is 0.432 e. The van der Waals surface area contributed by atoms with Crippen molar-refractivity contribution in [2.75, 3.05) is 31.6 Å². The number of hydrogen-bond donors (Lipinski definition) is 0. The summed E-state index contributed by atoms with van der Waals surface area (Å²) < 4.78 is 18.8. The molecule has 0 amide bonds. The molecule has 0 atom stereocenters. The molecule has 154 valence electrons. The number of ether oxygens (including phenoxy) is 1. The zero-order valence-electron chi connectivity index (χ0n) is 17.1. The average Bonchev–Trinajstić information content (AvgIpc) is 3.13. The van der Waals surface area contributed by atoms with E-state index in [1.807, 2.05) is 11.0 Å². The van der Waals surface area contributed by atoms with Crippen LogP contribution in [-0.2, 0) is 12.8 Å². The summed E-state index contributed by atoms with van der Waals surface area (Å²) in [5.74, 6) is 0.270. The Morgan fingerprint density at radius 2 is 2.00 bits per heavy atom. The van der Waals surface area contributed by atoms with E-state index in [1.54, 1.807) is 12.1 Å². The summed E-state index contributed by atoms with van der Waals surface area (Å²) in [7, 11) is 2.14. The molecule has 0 bridgehead atoms. The Bertz CT molecular complexity index is 837. The van der Waals surface area contributed by atoms with Crippen LogP contribution in [0.15, 0.2) is 55.1 Å². The lowest BCUT2D eigenvalue weighted by Crippen LogP contribution is -2.31. The second-order valence-corrected chi connectivity index (χ2v) is 7.90. The number of hydrogen-bond acceptors (Lipinski definition) is 3. The van der Waals surface area contributed by atoms with Gasteiger partial charge in [0.1, 0.15) is 11.6 Å². The zero-order valence-corrected chi connectivity index (χ0v) is 17.9. The lowest BCUT2D eigenvalue weighted by molar-refractivity contribution is 0.358. The van der Waals surface area contributed by atoms with Gasteiger partial charge in [0.25, 0.3) is 5.17 Å². The van der Waals surface area contributed by atoms with E-state index in [0.29, 0.717) is 10.9 Å². The van der Waals surface area contributed by atoms with Crippen LogP contribution in [0.5, 0.6) is 5.75 Å². The number of fused-ring (bicyclic) bond motifs is 1. The first kappa shape index (κ1) is 21.5. The molecule has 0 fully saturated rings. The molecule has 0 aliphatic carbocycles. The Hall–Kier alpha value is -2.24. The monoisotopic (exact) mass is 412 g/mol. The highest BCUT2D eigenvalue weighted by Gasteiger charge is 2.23. The van der Waals surface area contributed by atoms with Crippen LogP contribution in [0.25, 0.3) is 0 Å². The van der Waals surface area contributed by atoms with Gasteiger partial charge in [-0.25, -0.2) is 4.39 Å². The summed E-state index contributed by atoms with van der Waals surface area (Å²) in [5.41, 5.74) is 3.82. The number of likely N-dealkylation sites (N-methyl/N-ethyl adjacent to an activating group) is 1. The third kappa shape index (κ3) is 6.12.